The van der Waals surface area contributed by atoms with E-state index in [-0.39, 0.29) is 37.9 Å². The van der Waals surface area contributed by atoms with Gasteiger partial charge in [0.2, 0.25) is 11.8 Å². The van der Waals surface area contributed by atoms with Crippen LogP contribution in [0.5, 0.6) is 0 Å². The van der Waals surface area contributed by atoms with Crippen molar-refractivity contribution in [1.82, 2.24) is 4.90 Å². The normalized spacial score (nSPS) is 21.9. The zero-order valence-electron chi connectivity index (χ0n) is 22.1. The predicted octanol–water partition coefficient (Wildman–Crippen LogP) is 0.965. The molecule has 0 aliphatic carbocycles. The molecular formula is C25H41N3O9. The third-order valence-electron chi connectivity index (χ3n) is 5.55. The maximum absolute atomic E-state index is 12.2. The summed E-state index contributed by atoms with van der Waals surface area (Å²) < 4.78 is 15.9. The van der Waals surface area contributed by atoms with Crippen LogP contribution in [0.25, 0.3) is 0 Å². The second-order valence-corrected chi connectivity index (χ2v) is 8.72. The molecule has 6 N–H and O–H groups in total. The summed E-state index contributed by atoms with van der Waals surface area (Å²) in [5.41, 5.74) is 6.56. The summed E-state index contributed by atoms with van der Waals surface area (Å²) >= 11 is 0. The first-order valence-electron chi connectivity index (χ1n) is 12.3. The lowest BCUT2D eigenvalue weighted by atomic mass is 10.0. The number of aliphatic hydroxyl groups excluding tert-OH is 3. The van der Waals surface area contributed by atoms with Gasteiger partial charge in [-0.15, -0.1) is 0 Å². The summed E-state index contributed by atoms with van der Waals surface area (Å²) in [7, 11) is 1.45. The Morgan fingerprint density at radius 3 is 2.32 bits per heavy atom. The highest BCUT2D eigenvalue weighted by atomic mass is 16.7. The largest absolute Gasteiger partial charge is 0.445 e. The molecule has 0 aromatic heterocycles. The van der Waals surface area contributed by atoms with Crippen molar-refractivity contribution >= 4 is 23.6 Å². The van der Waals surface area contributed by atoms with Crippen molar-refractivity contribution in [2.24, 2.45) is 11.7 Å². The van der Waals surface area contributed by atoms with Gasteiger partial charge in [-0.1, -0.05) is 39.8 Å². The van der Waals surface area contributed by atoms with Crippen LogP contribution >= 0.6 is 0 Å². The molecule has 1 heterocycles. The van der Waals surface area contributed by atoms with Crippen molar-refractivity contribution in [3.8, 4) is 0 Å². The monoisotopic (exact) mass is 527 g/mol. The number of benzene rings is 1. The Bertz CT molecular complexity index is 850. The number of carbonyl (C=O) groups is 3. The average Bonchev–Trinajstić information content (AvgIpc) is 2.85. The van der Waals surface area contributed by atoms with Gasteiger partial charge in [-0.3, -0.25) is 14.5 Å². The first-order valence-corrected chi connectivity index (χ1v) is 12.3. The Hall–Kier alpha value is -2.77. The molecule has 1 aliphatic rings. The number of aliphatic hydroxyl groups is 3. The van der Waals surface area contributed by atoms with E-state index in [1.54, 1.807) is 38.1 Å². The molecule has 1 fully saturated rings. The summed E-state index contributed by atoms with van der Waals surface area (Å²) in [6, 6.07) is 5.88. The molecular weight excluding hydrogens is 486 g/mol. The summed E-state index contributed by atoms with van der Waals surface area (Å²) in [5.74, 6) is -1.11. The molecule has 37 heavy (non-hydrogen) atoms. The highest BCUT2D eigenvalue weighted by Crippen LogP contribution is 2.21. The third-order valence-corrected chi connectivity index (χ3v) is 5.55. The fourth-order valence-corrected chi connectivity index (χ4v) is 3.68. The number of nitrogens with one attached hydrogen (secondary N) is 1. The number of anilines is 1. The Kier molecular flexibility index (Phi) is 14.1. The van der Waals surface area contributed by atoms with Gasteiger partial charge < -0.3 is 40.6 Å². The SMILES string of the molecule is CC.CC(C)C(C(N)=O)N(C)C(=O)OCc1ccc(NC(=O)CCO[C@@H]2O[C@H](CO)C(O)CC2O)cc1. The summed E-state index contributed by atoms with van der Waals surface area (Å²) in [4.78, 5) is 37.2. The summed E-state index contributed by atoms with van der Waals surface area (Å²) in [6.45, 7) is 7.09. The van der Waals surface area contributed by atoms with E-state index in [1.807, 2.05) is 13.8 Å². The lowest BCUT2D eigenvalue weighted by Gasteiger charge is -2.36. The van der Waals surface area contributed by atoms with Crippen LogP contribution in [0.3, 0.4) is 0 Å². The van der Waals surface area contributed by atoms with Crippen molar-refractivity contribution in [3.05, 3.63) is 29.8 Å². The van der Waals surface area contributed by atoms with Crippen LogP contribution in [0.15, 0.2) is 24.3 Å². The van der Waals surface area contributed by atoms with E-state index in [1.165, 1.54) is 11.9 Å². The first-order chi connectivity index (χ1) is 17.5. The molecule has 210 valence electrons. The maximum Gasteiger partial charge on any atom is 0.410 e. The first kappa shape index (κ1) is 32.3. The second-order valence-electron chi connectivity index (χ2n) is 8.72. The van der Waals surface area contributed by atoms with Crippen molar-refractivity contribution in [1.29, 1.82) is 0 Å². The number of nitrogens with two attached hydrogens (primary N) is 1. The molecule has 5 atom stereocenters. The molecule has 3 unspecified atom stereocenters. The smallest absolute Gasteiger partial charge is 0.410 e. The van der Waals surface area contributed by atoms with E-state index in [0.717, 1.165) is 0 Å². The number of hydrogen-bond donors (Lipinski definition) is 5. The zero-order valence-corrected chi connectivity index (χ0v) is 22.1. The summed E-state index contributed by atoms with van der Waals surface area (Å²) in [6.07, 6.45) is -4.63. The number of carbonyl (C=O) groups excluding carboxylic acids is 3. The van der Waals surface area contributed by atoms with Gasteiger partial charge in [0.15, 0.2) is 6.29 Å². The lowest BCUT2D eigenvalue weighted by molar-refractivity contribution is -0.269. The van der Waals surface area contributed by atoms with Gasteiger partial charge in [-0.25, -0.2) is 4.79 Å². The van der Waals surface area contributed by atoms with E-state index >= 15 is 0 Å². The average molecular weight is 528 g/mol. The molecule has 0 saturated carbocycles. The molecule has 1 aromatic rings. The molecule has 12 heteroatoms. The second kappa shape index (κ2) is 16.2. The van der Waals surface area contributed by atoms with E-state index in [0.29, 0.717) is 11.3 Å². The predicted molar refractivity (Wildman–Crippen MR) is 135 cm³/mol. The molecule has 1 saturated heterocycles. The van der Waals surface area contributed by atoms with Gasteiger partial charge in [-0.05, 0) is 23.6 Å². The third kappa shape index (κ3) is 10.3. The van der Waals surface area contributed by atoms with Crippen LogP contribution in [0.4, 0.5) is 10.5 Å². The number of rotatable bonds is 11. The highest BCUT2D eigenvalue weighted by molar-refractivity contribution is 5.90. The standard InChI is InChI=1S/C23H35N3O9.C2H6/c1-13(2)20(21(24)31)26(3)23(32)34-12-14-4-6-15(7-5-14)25-19(30)8-9-33-22-17(29)10-16(28)18(11-27)35-22;1-2/h4-7,13,16-18,20,22,27-29H,8-12H2,1-3H3,(H2,24,31)(H,25,30);1-2H3/t16?,17?,18-,20?,22-;/m1./s1. The fraction of sp³-hybridized carbons (Fsp3) is 0.640. The Labute approximate surface area is 217 Å². The van der Waals surface area contributed by atoms with Gasteiger partial charge in [0.05, 0.1) is 25.7 Å². The molecule has 0 bridgehead atoms. The van der Waals surface area contributed by atoms with Gasteiger partial charge in [0.25, 0.3) is 0 Å². The molecule has 1 aliphatic heterocycles. The minimum absolute atomic E-state index is 0.00346. The molecule has 3 amide bonds. The van der Waals surface area contributed by atoms with Crippen molar-refractivity contribution in [3.63, 3.8) is 0 Å². The van der Waals surface area contributed by atoms with Crippen molar-refractivity contribution in [2.45, 2.75) is 77.8 Å². The molecule has 2 rings (SSSR count). The number of amides is 3. The van der Waals surface area contributed by atoms with Gasteiger partial charge in [0.1, 0.15) is 24.9 Å². The molecule has 0 radical (unpaired) electrons. The van der Waals surface area contributed by atoms with Crippen LogP contribution in [0.1, 0.15) is 46.1 Å². The Morgan fingerprint density at radius 2 is 1.78 bits per heavy atom. The van der Waals surface area contributed by atoms with E-state index in [9.17, 15) is 29.7 Å². The number of ether oxygens (including phenoxy) is 3. The van der Waals surface area contributed by atoms with E-state index in [4.69, 9.17) is 19.9 Å². The van der Waals surface area contributed by atoms with Crippen LogP contribution in [0.2, 0.25) is 0 Å². The number of hydrogen-bond acceptors (Lipinski definition) is 9. The van der Waals surface area contributed by atoms with Gasteiger partial charge in [-0.2, -0.15) is 0 Å². The lowest BCUT2D eigenvalue weighted by Crippen LogP contribution is -2.49. The number of primary amides is 1. The molecule has 1 aromatic carbocycles. The van der Waals surface area contributed by atoms with Gasteiger partial charge in [0, 0.05) is 19.2 Å². The number of nitrogens with zero attached hydrogens (tertiary/aromatic N) is 1. The Morgan fingerprint density at radius 1 is 1.16 bits per heavy atom. The van der Waals surface area contributed by atoms with E-state index in [2.05, 4.69) is 5.32 Å². The van der Waals surface area contributed by atoms with Crippen molar-refractivity contribution < 1.29 is 43.9 Å². The van der Waals surface area contributed by atoms with Crippen LogP contribution in [-0.4, -0.2) is 89.0 Å². The quantitative estimate of drug-likeness (QED) is 0.280. The van der Waals surface area contributed by atoms with Crippen LogP contribution < -0.4 is 11.1 Å². The van der Waals surface area contributed by atoms with Crippen LogP contribution in [-0.2, 0) is 30.4 Å². The van der Waals surface area contributed by atoms with E-state index < -0.39 is 49.3 Å². The zero-order chi connectivity index (χ0) is 28.1. The topological polar surface area (TPSA) is 181 Å². The molecule has 12 nitrogen and oxygen atoms in total. The Balaban J connectivity index is 0.00000334. The van der Waals surface area contributed by atoms with Crippen molar-refractivity contribution in [2.75, 3.05) is 25.6 Å². The summed E-state index contributed by atoms with van der Waals surface area (Å²) in [5, 5.41) is 31.5. The minimum Gasteiger partial charge on any atom is -0.445 e. The maximum atomic E-state index is 12.2. The fourth-order valence-electron chi connectivity index (χ4n) is 3.68. The highest BCUT2D eigenvalue weighted by Gasteiger charge is 2.36. The minimum atomic E-state index is -1.07. The van der Waals surface area contributed by atoms with Gasteiger partial charge >= 0.3 is 6.09 Å². The number of likely N-dealkylation sites (N-methyl/N-ethyl adjacent to an activating group) is 1. The van der Waals surface area contributed by atoms with Crippen LogP contribution in [0, 0.1) is 5.92 Å². The molecule has 0 spiro atoms.